The van der Waals surface area contributed by atoms with Gasteiger partial charge in [0.15, 0.2) is 11.5 Å². The minimum absolute atomic E-state index is 0. The van der Waals surface area contributed by atoms with Gasteiger partial charge in [-0.1, -0.05) is 0 Å². The van der Waals surface area contributed by atoms with Crippen molar-refractivity contribution in [3.8, 4) is 11.5 Å². The van der Waals surface area contributed by atoms with Crippen LogP contribution in [-0.2, 0) is 12.8 Å². The monoisotopic (exact) mass is 629 g/mol. The minimum Gasteiger partial charge on any atom is -0.493 e. The van der Waals surface area contributed by atoms with Crippen LogP contribution in [0.5, 0.6) is 11.5 Å². The van der Waals surface area contributed by atoms with E-state index in [1.165, 1.54) is 29.4 Å². The first-order chi connectivity index (χ1) is 11.5. The Labute approximate surface area is 187 Å². The first-order valence-corrected chi connectivity index (χ1v) is 10.1. The molecule has 1 N–H and O–H groups in total. The summed E-state index contributed by atoms with van der Waals surface area (Å²) in [6.45, 7) is 3.17. The van der Waals surface area contributed by atoms with Gasteiger partial charge in [0.25, 0.3) is 0 Å². The highest BCUT2D eigenvalue weighted by Gasteiger charge is 2.23. The highest BCUT2D eigenvalue weighted by molar-refractivity contribution is 14.1. The predicted molar refractivity (Wildman–Crippen MR) is 125 cm³/mol. The number of hydrogen-bond donors (Lipinski definition) is 1. The Bertz CT molecular complexity index is 744. The van der Waals surface area contributed by atoms with E-state index in [0.29, 0.717) is 6.04 Å². The van der Waals surface area contributed by atoms with Crippen molar-refractivity contribution in [2.24, 2.45) is 0 Å². The number of benzene rings is 2. The van der Waals surface area contributed by atoms with Crippen molar-refractivity contribution in [2.75, 3.05) is 20.8 Å². The van der Waals surface area contributed by atoms with Crippen LogP contribution in [0.1, 0.15) is 28.3 Å². The molecule has 0 aliphatic carbocycles. The molecule has 2 aromatic carbocycles. The molecule has 1 atom stereocenters. The third-order valence-electron chi connectivity index (χ3n) is 4.59. The van der Waals surface area contributed by atoms with Crippen LogP contribution < -0.4 is 14.8 Å². The molecular formula is C19H22BrI2NO2. The van der Waals surface area contributed by atoms with Gasteiger partial charge < -0.3 is 14.8 Å². The summed E-state index contributed by atoms with van der Waals surface area (Å²) in [4.78, 5) is 0. The van der Waals surface area contributed by atoms with E-state index in [2.05, 4.69) is 81.7 Å². The van der Waals surface area contributed by atoms with Gasteiger partial charge in [0.1, 0.15) is 0 Å². The fraction of sp³-hybridized carbons (Fsp3) is 0.368. The van der Waals surface area contributed by atoms with E-state index in [9.17, 15) is 0 Å². The molecule has 0 aromatic heterocycles. The van der Waals surface area contributed by atoms with Crippen LogP contribution in [0.15, 0.2) is 24.3 Å². The number of rotatable bonds is 4. The molecular weight excluding hydrogens is 608 g/mol. The normalized spacial score (nSPS) is 16.0. The number of methoxy groups -OCH3 is 2. The van der Waals surface area contributed by atoms with Crippen LogP contribution in [0, 0.1) is 14.1 Å². The van der Waals surface area contributed by atoms with Crippen LogP contribution >= 0.6 is 62.2 Å². The van der Waals surface area contributed by atoms with Crippen LogP contribution in [0.3, 0.4) is 0 Å². The molecule has 1 heterocycles. The summed E-state index contributed by atoms with van der Waals surface area (Å²) in [5.74, 6) is 1.62. The molecule has 6 heteroatoms. The van der Waals surface area contributed by atoms with Crippen molar-refractivity contribution >= 4 is 62.2 Å². The van der Waals surface area contributed by atoms with Crippen molar-refractivity contribution in [1.82, 2.24) is 5.32 Å². The maximum atomic E-state index is 5.50. The van der Waals surface area contributed by atoms with E-state index >= 15 is 0 Å². The van der Waals surface area contributed by atoms with Gasteiger partial charge >= 0.3 is 0 Å². The molecule has 25 heavy (non-hydrogen) atoms. The highest BCUT2D eigenvalue weighted by Crippen LogP contribution is 2.36. The molecule has 3 nitrogen and oxygen atoms in total. The standard InChI is InChI=1S/C19H21I2NO2.BrH/c1-11-15(20)6-12(7-16(11)21)8-17-14-10-19(24-3)18(23-2)9-13(14)4-5-22-17;/h6-7,9-10,17,22H,4-5,8H2,1-3H3;1H. The lowest BCUT2D eigenvalue weighted by atomic mass is 9.89. The SMILES string of the molecule is Br.COc1cc2c(cc1OC)C(Cc1cc(I)c(C)c(I)c1)NCC2. The molecule has 0 saturated carbocycles. The van der Waals surface area contributed by atoms with Crippen LogP contribution in [0.2, 0.25) is 0 Å². The lowest BCUT2D eigenvalue weighted by molar-refractivity contribution is 0.352. The van der Waals surface area contributed by atoms with Crippen molar-refractivity contribution in [2.45, 2.75) is 25.8 Å². The number of ether oxygens (including phenoxy) is 2. The van der Waals surface area contributed by atoms with E-state index in [0.717, 1.165) is 30.9 Å². The van der Waals surface area contributed by atoms with E-state index in [4.69, 9.17) is 9.47 Å². The average molecular weight is 630 g/mol. The Hall–Kier alpha value is -0.0600. The summed E-state index contributed by atoms with van der Waals surface area (Å²) >= 11 is 4.86. The lowest BCUT2D eigenvalue weighted by Crippen LogP contribution is -2.31. The highest BCUT2D eigenvalue weighted by atomic mass is 127. The second kappa shape index (κ2) is 9.23. The van der Waals surface area contributed by atoms with Crippen molar-refractivity contribution in [1.29, 1.82) is 0 Å². The van der Waals surface area contributed by atoms with Crippen molar-refractivity contribution in [3.63, 3.8) is 0 Å². The first kappa shape index (κ1) is 21.2. The van der Waals surface area contributed by atoms with Crippen LogP contribution in [-0.4, -0.2) is 20.8 Å². The predicted octanol–water partition coefficient (Wildman–Crippen LogP) is 5.23. The molecule has 1 aliphatic heterocycles. The number of halogens is 3. The van der Waals surface area contributed by atoms with Crippen molar-refractivity contribution in [3.05, 3.63) is 53.7 Å². The molecule has 1 unspecified atom stereocenters. The topological polar surface area (TPSA) is 30.5 Å². The molecule has 2 aromatic rings. The Morgan fingerprint density at radius 2 is 1.64 bits per heavy atom. The zero-order chi connectivity index (χ0) is 17.3. The molecule has 136 valence electrons. The Kier molecular flexibility index (Phi) is 7.84. The lowest BCUT2D eigenvalue weighted by Gasteiger charge is -2.28. The van der Waals surface area contributed by atoms with E-state index in [1.54, 1.807) is 14.2 Å². The van der Waals surface area contributed by atoms with Gasteiger partial charge in [-0.25, -0.2) is 0 Å². The minimum atomic E-state index is 0. The second-order valence-corrected chi connectivity index (χ2v) is 8.38. The van der Waals surface area contributed by atoms with Crippen LogP contribution in [0.25, 0.3) is 0 Å². The average Bonchev–Trinajstić information content (AvgIpc) is 2.58. The molecule has 0 fully saturated rings. The third kappa shape index (κ3) is 4.62. The first-order valence-electron chi connectivity index (χ1n) is 7.96. The number of fused-ring (bicyclic) bond motifs is 1. The van der Waals surface area contributed by atoms with E-state index in [1.807, 2.05) is 0 Å². The molecule has 0 amide bonds. The number of nitrogens with one attached hydrogen (secondary N) is 1. The zero-order valence-corrected chi connectivity index (χ0v) is 20.5. The van der Waals surface area contributed by atoms with Gasteiger partial charge in [0, 0.05) is 13.2 Å². The van der Waals surface area contributed by atoms with E-state index in [-0.39, 0.29) is 17.0 Å². The maximum absolute atomic E-state index is 5.50. The molecule has 0 bridgehead atoms. The van der Waals surface area contributed by atoms with Gasteiger partial charge in [-0.3, -0.25) is 0 Å². The summed E-state index contributed by atoms with van der Waals surface area (Å²) < 4.78 is 13.6. The summed E-state index contributed by atoms with van der Waals surface area (Å²) in [6.07, 6.45) is 2.00. The molecule has 0 radical (unpaired) electrons. The van der Waals surface area contributed by atoms with Crippen LogP contribution in [0.4, 0.5) is 0 Å². The molecule has 1 aliphatic rings. The van der Waals surface area contributed by atoms with Gasteiger partial charge in [-0.05, 0) is 118 Å². The van der Waals surface area contributed by atoms with Gasteiger partial charge in [-0.2, -0.15) is 0 Å². The smallest absolute Gasteiger partial charge is 0.161 e. The van der Waals surface area contributed by atoms with Gasteiger partial charge in [0.2, 0.25) is 0 Å². The van der Waals surface area contributed by atoms with Gasteiger partial charge in [-0.15, -0.1) is 17.0 Å². The van der Waals surface area contributed by atoms with E-state index < -0.39 is 0 Å². The quantitative estimate of drug-likeness (QED) is 0.470. The molecule has 0 spiro atoms. The number of hydrogen-bond acceptors (Lipinski definition) is 3. The van der Waals surface area contributed by atoms with Gasteiger partial charge in [0.05, 0.1) is 14.2 Å². The second-order valence-electron chi connectivity index (χ2n) is 6.05. The summed E-state index contributed by atoms with van der Waals surface area (Å²) in [6, 6.07) is 9.17. The largest absolute Gasteiger partial charge is 0.493 e. The fourth-order valence-electron chi connectivity index (χ4n) is 3.20. The Morgan fingerprint density at radius 3 is 2.24 bits per heavy atom. The summed E-state index contributed by atoms with van der Waals surface area (Å²) in [5, 5.41) is 3.66. The fourth-order valence-corrected chi connectivity index (χ4v) is 5.10. The molecule has 3 rings (SSSR count). The summed E-state index contributed by atoms with van der Waals surface area (Å²) in [7, 11) is 3.39. The Morgan fingerprint density at radius 1 is 1.04 bits per heavy atom. The zero-order valence-electron chi connectivity index (χ0n) is 14.5. The maximum Gasteiger partial charge on any atom is 0.161 e. The van der Waals surface area contributed by atoms with Crippen molar-refractivity contribution < 1.29 is 9.47 Å². The Balaban J connectivity index is 0.00000225. The molecule has 0 saturated heterocycles. The third-order valence-corrected chi connectivity index (χ3v) is 6.83. The summed E-state index contributed by atoms with van der Waals surface area (Å²) in [5.41, 5.74) is 5.41.